The molecule has 5 heteroatoms. The Morgan fingerprint density at radius 1 is 1.21 bits per heavy atom. The van der Waals surface area contributed by atoms with E-state index >= 15 is 0 Å². The van der Waals surface area contributed by atoms with Crippen LogP contribution in [0.3, 0.4) is 0 Å². The Balaban J connectivity index is 1.76. The smallest absolute Gasteiger partial charge is 0.153 e. The van der Waals surface area contributed by atoms with Gasteiger partial charge in [-0.05, 0) is 38.8 Å². The summed E-state index contributed by atoms with van der Waals surface area (Å²) in [5.74, 6) is 0. The van der Waals surface area contributed by atoms with E-state index in [1.807, 2.05) is 6.20 Å². The first-order valence-electron chi connectivity index (χ1n) is 9.16. The second kappa shape index (κ2) is 6.55. The topological polar surface area (TPSA) is 52.2 Å². The van der Waals surface area contributed by atoms with Crippen LogP contribution in [0.15, 0.2) is 18.5 Å². The largest absolute Gasteiger partial charge is 0.354 e. The van der Waals surface area contributed by atoms with Crippen molar-refractivity contribution < 1.29 is 4.79 Å². The number of hydrogen-bond donors (Lipinski definition) is 1. The Morgan fingerprint density at radius 3 is 2.71 bits per heavy atom. The fourth-order valence-electron chi connectivity index (χ4n) is 4.05. The summed E-state index contributed by atoms with van der Waals surface area (Å²) in [7, 11) is 2.21. The van der Waals surface area contributed by atoms with Gasteiger partial charge in [0.1, 0.15) is 5.65 Å². The Morgan fingerprint density at radius 2 is 2.00 bits per heavy atom. The molecular formula is C19H26N4O. The van der Waals surface area contributed by atoms with Crippen molar-refractivity contribution >= 4 is 23.0 Å². The van der Waals surface area contributed by atoms with E-state index in [0.717, 1.165) is 29.7 Å². The predicted octanol–water partition coefficient (Wildman–Crippen LogP) is 3.57. The number of aromatic amines is 1. The van der Waals surface area contributed by atoms with Crippen molar-refractivity contribution in [1.29, 1.82) is 0 Å². The van der Waals surface area contributed by atoms with Gasteiger partial charge in [0.15, 0.2) is 6.29 Å². The summed E-state index contributed by atoms with van der Waals surface area (Å²) >= 11 is 0. The highest BCUT2D eigenvalue weighted by Crippen LogP contribution is 2.35. The van der Waals surface area contributed by atoms with E-state index in [2.05, 4.69) is 32.9 Å². The number of aldehydes is 1. The van der Waals surface area contributed by atoms with Gasteiger partial charge in [-0.3, -0.25) is 9.69 Å². The molecule has 128 valence electrons. The molecule has 5 nitrogen and oxygen atoms in total. The first-order chi connectivity index (χ1) is 11.8. The molecule has 2 aromatic rings. The molecule has 0 saturated heterocycles. The van der Waals surface area contributed by atoms with E-state index in [4.69, 9.17) is 0 Å². The lowest BCUT2D eigenvalue weighted by molar-refractivity contribution is 0.112. The summed E-state index contributed by atoms with van der Waals surface area (Å²) in [6.07, 6.45) is 13.5. The van der Waals surface area contributed by atoms with Crippen LogP contribution in [0.5, 0.6) is 0 Å². The Hall–Kier alpha value is -1.88. The monoisotopic (exact) mass is 326 g/mol. The molecule has 4 rings (SSSR count). The number of fused-ring (bicyclic) bond motifs is 1. The highest BCUT2D eigenvalue weighted by molar-refractivity contribution is 5.99. The summed E-state index contributed by atoms with van der Waals surface area (Å²) in [5.41, 5.74) is 2.64. The summed E-state index contributed by atoms with van der Waals surface area (Å²) in [4.78, 5) is 24.2. The maximum Gasteiger partial charge on any atom is 0.153 e. The number of nitrogens with one attached hydrogen (secondary N) is 1. The molecule has 0 bridgehead atoms. The highest BCUT2D eigenvalue weighted by atomic mass is 16.1. The van der Waals surface area contributed by atoms with E-state index in [-0.39, 0.29) is 0 Å². The lowest BCUT2D eigenvalue weighted by atomic mass is 9.93. The van der Waals surface area contributed by atoms with Crippen LogP contribution >= 0.6 is 0 Å². The minimum atomic E-state index is 0.513. The van der Waals surface area contributed by atoms with Crippen molar-refractivity contribution in [3.05, 3.63) is 24.0 Å². The minimum Gasteiger partial charge on any atom is -0.354 e. The van der Waals surface area contributed by atoms with Crippen molar-refractivity contribution in [3.8, 4) is 0 Å². The van der Waals surface area contributed by atoms with Gasteiger partial charge in [-0.15, -0.1) is 0 Å². The molecule has 0 aliphatic heterocycles. The molecule has 2 aliphatic rings. The molecule has 2 aromatic heterocycles. The number of nitrogens with zero attached hydrogens (tertiary/aromatic N) is 3. The fraction of sp³-hybridized carbons (Fsp3) is 0.579. The van der Waals surface area contributed by atoms with Gasteiger partial charge < -0.3 is 9.88 Å². The zero-order valence-corrected chi connectivity index (χ0v) is 14.4. The third-order valence-corrected chi connectivity index (χ3v) is 5.56. The SMILES string of the molecule is CN(CN(c1c(C=O)cnc2[nH]ccc12)C1CCCCC1)C1CC1. The number of pyridine rings is 1. The normalized spacial score (nSPS) is 19.1. The van der Waals surface area contributed by atoms with E-state index in [1.165, 1.54) is 44.9 Å². The van der Waals surface area contributed by atoms with E-state index in [0.29, 0.717) is 17.6 Å². The number of aromatic nitrogens is 2. The van der Waals surface area contributed by atoms with Crippen molar-refractivity contribution in [1.82, 2.24) is 14.9 Å². The quantitative estimate of drug-likeness (QED) is 0.651. The van der Waals surface area contributed by atoms with Crippen molar-refractivity contribution in [2.24, 2.45) is 0 Å². The number of rotatable bonds is 6. The highest BCUT2D eigenvalue weighted by Gasteiger charge is 2.31. The van der Waals surface area contributed by atoms with Gasteiger partial charge in [-0.25, -0.2) is 4.98 Å². The molecule has 0 unspecified atom stereocenters. The minimum absolute atomic E-state index is 0.513. The number of carbonyl (C=O) groups excluding carboxylic acids is 1. The molecule has 0 amide bonds. The van der Waals surface area contributed by atoms with Gasteiger partial charge in [0.25, 0.3) is 0 Å². The van der Waals surface area contributed by atoms with Crippen LogP contribution in [0.2, 0.25) is 0 Å². The van der Waals surface area contributed by atoms with Gasteiger partial charge in [0, 0.05) is 29.9 Å². The molecule has 2 fully saturated rings. The first kappa shape index (κ1) is 15.6. The number of carbonyl (C=O) groups is 1. The van der Waals surface area contributed by atoms with Crippen LogP contribution in [0.25, 0.3) is 11.0 Å². The van der Waals surface area contributed by atoms with E-state index in [9.17, 15) is 4.79 Å². The standard InChI is InChI=1S/C19H26N4O/c1-22(15-7-8-15)13-23(16-5-3-2-4-6-16)18-14(12-24)11-21-19-17(18)9-10-20-19/h9-12,15-16H,2-8,13H2,1H3,(H,20,21). The first-order valence-corrected chi connectivity index (χ1v) is 9.16. The van der Waals surface area contributed by atoms with E-state index < -0.39 is 0 Å². The molecule has 0 atom stereocenters. The number of H-pyrrole nitrogens is 1. The number of anilines is 1. The zero-order chi connectivity index (χ0) is 16.5. The molecular weight excluding hydrogens is 300 g/mol. The summed E-state index contributed by atoms with van der Waals surface area (Å²) in [6.45, 7) is 0.889. The zero-order valence-electron chi connectivity index (χ0n) is 14.4. The van der Waals surface area contributed by atoms with Gasteiger partial charge in [-0.2, -0.15) is 0 Å². The van der Waals surface area contributed by atoms with Gasteiger partial charge in [-0.1, -0.05) is 19.3 Å². The molecule has 0 aromatic carbocycles. The van der Waals surface area contributed by atoms with Gasteiger partial charge in [0.05, 0.1) is 17.9 Å². The van der Waals surface area contributed by atoms with Gasteiger partial charge in [0.2, 0.25) is 0 Å². The third-order valence-electron chi connectivity index (χ3n) is 5.56. The molecule has 24 heavy (non-hydrogen) atoms. The molecule has 2 aliphatic carbocycles. The maximum atomic E-state index is 11.7. The van der Waals surface area contributed by atoms with Crippen molar-refractivity contribution in [2.45, 2.75) is 57.0 Å². The molecule has 1 N–H and O–H groups in total. The fourth-order valence-corrected chi connectivity index (χ4v) is 4.05. The Labute approximate surface area is 143 Å². The molecule has 0 spiro atoms. The van der Waals surface area contributed by atoms with E-state index in [1.54, 1.807) is 6.20 Å². The average molecular weight is 326 g/mol. The summed E-state index contributed by atoms with van der Waals surface area (Å²) in [5, 5.41) is 1.06. The Bertz CT molecular complexity index is 715. The summed E-state index contributed by atoms with van der Waals surface area (Å²) in [6, 6.07) is 3.27. The number of hydrogen-bond acceptors (Lipinski definition) is 4. The molecule has 0 radical (unpaired) electrons. The van der Waals surface area contributed by atoms with Crippen molar-refractivity contribution in [3.63, 3.8) is 0 Å². The average Bonchev–Trinajstić information content (AvgIpc) is 3.37. The maximum absolute atomic E-state index is 11.7. The van der Waals surface area contributed by atoms with Crippen molar-refractivity contribution in [2.75, 3.05) is 18.6 Å². The van der Waals surface area contributed by atoms with Crippen LogP contribution in [-0.2, 0) is 0 Å². The lowest BCUT2D eigenvalue weighted by Crippen LogP contribution is -2.45. The van der Waals surface area contributed by atoms with Crippen LogP contribution in [-0.4, -0.2) is 47.0 Å². The lowest BCUT2D eigenvalue weighted by Gasteiger charge is -2.39. The third kappa shape index (κ3) is 2.93. The predicted molar refractivity (Wildman–Crippen MR) is 96.5 cm³/mol. The van der Waals surface area contributed by atoms with Crippen LogP contribution < -0.4 is 4.90 Å². The van der Waals surface area contributed by atoms with Crippen LogP contribution in [0, 0.1) is 0 Å². The second-order valence-corrected chi connectivity index (χ2v) is 7.31. The summed E-state index contributed by atoms with van der Waals surface area (Å²) < 4.78 is 0. The second-order valence-electron chi connectivity index (χ2n) is 7.31. The van der Waals surface area contributed by atoms with Gasteiger partial charge >= 0.3 is 0 Å². The Kier molecular flexibility index (Phi) is 4.27. The van der Waals surface area contributed by atoms with Crippen LogP contribution in [0.1, 0.15) is 55.3 Å². The molecule has 2 saturated carbocycles. The molecule has 2 heterocycles. The van der Waals surface area contributed by atoms with Crippen LogP contribution in [0.4, 0.5) is 5.69 Å².